The van der Waals surface area contributed by atoms with E-state index in [9.17, 15) is 0 Å². The Morgan fingerprint density at radius 2 is 2.20 bits per heavy atom. The van der Waals surface area contributed by atoms with Gasteiger partial charge in [0.15, 0.2) is 0 Å². The van der Waals surface area contributed by atoms with Crippen LogP contribution in [0.2, 0.25) is 0 Å². The number of fused-ring (bicyclic) bond motifs is 2. The van der Waals surface area contributed by atoms with Gasteiger partial charge >= 0.3 is 0 Å². The Morgan fingerprint density at radius 1 is 1.28 bits per heavy atom. The highest BCUT2D eigenvalue weighted by atomic mass is 32.2. The largest absolute Gasteiger partial charge is 0.487 e. The van der Waals surface area contributed by atoms with Crippen molar-refractivity contribution in [2.24, 2.45) is 0 Å². The van der Waals surface area contributed by atoms with E-state index in [1.165, 1.54) is 0 Å². The van der Waals surface area contributed by atoms with E-state index in [4.69, 9.17) is 4.74 Å². The smallest absolute Gasteiger partial charge is 0.138 e. The molecule has 2 aromatic heterocycles. The van der Waals surface area contributed by atoms with Crippen LogP contribution in [0.4, 0.5) is 5.82 Å². The Balaban J connectivity index is 1.52. The number of H-pyrrole nitrogens is 1. The molecule has 0 saturated heterocycles. The van der Waals surface area contributed by atoms with Crippen LogP contribution >= 0.6 is 11.8 Å². The van der Waals surface area contributed by atoms with Crippen molar-refractivity contribution in [2.45, 2.75) is 25.0 Å². The van der Waals surface area contributed by atoms with Crippen LogP contribution in [0.15, 0.2) is 35.5 Å². The van der Waals surface area contributed by atoms with Gasteiger partial charge in [0.2, 0.25) is 0 Å². The van der Waals surface area contributed by atoms with Crippen LogP contribution in [0, 0.1) is 6.92 Å². The molecule has 0 aliphatic carbocycles. The summed E-state index contributed by atoms with van der Waals surface area (Å²) >= 11 is 1.65. The van der Waals surface area contributed by atoms with E-state index in [1.54, 1.807) is 18.0 Å². The normalized spacial score (nSPS) is 12.7. The monoisotopic (exact) mass is 354 g/mol. The number of para-hydroxylation sites is 1. The van der Waals surface area contributed by atoms with Gasteiger partial charge in [-0.25, -0.2) is 9.97 Å². The molecular formula is C17H18N6OS. The lowest BCUT2D eigenvalue weighted by atomic mass is 10.0. The number of benzene rings is 1. The summed E-state index contributed by atoms with van der Waals surface area (Å²) < 4.78 is 5.92. The molecule has 7 nitrogen and oxygen atoms in total. The first kappa shape index (κ1) is 15.9. The van der Waals surface area contributed by atoms with E-state index in [-0.39, 0.29) is 0 Å². The average Bonchev–Trinajstić information content (AvgIpc) is 3.06. The van der Waals surface area contributed by atoms with E-state index < -0.39 is 0 Å². The summed E-state index contributed by atoms with van der Waals surface area (Å²) in [5.74, 6) is 3.44. The first-order valence-corrected chi connectivity index (χ1v) is 9.07. The maximum atomic E-state index is 5.92. The van der Waals surface area contributed by atoms with Crippen LogP contribution in [-0.4, -0.2) is 37.7 Å². The van der Waals surface area contributed by atoms with Crippen LogP contribution in [0.25, 0.3) is 0 Å². The van der Waals surface area contributed by atoms with Crippen molar-refractivity contribution in [3.63, 3.8) is 0 Å². The predicted octanol–water partition coefficient (Wildman–Crippen LogP) is 2.59. The standard InChI is InChI=1S/C17H18N6OS/c1-11-20-14-10-24-15-5-3-2-4-12(15)8-13(14)17(21-11)18-6-7-25-16-9-19-23-22-16/h2-5,9H,6-8,10H2,1H3,(H,18,20,21)(H,19,22,23). The highest BCUT2D eigenvalue weighted by Gasteiger charge is 2.19. The number of aryl methyl sites for hydroxylation is 1. The van der Waals surface area contributed by atoms with Crippen LogP contribution in [0.5, 0.6) is 5.75 Å². The first-order chi connectivity index (χ1) is 12.3. The molecule has 1 aliphatic heterocycles. The number of nitrogens with one attached hydrogen (secondary N) is 2. The lowest BCUT2D eigenvalue weighted by Crippen LogP contribution is -2.13. The van der Waals surface area contributed by atoms with Crippen molar-refractivity contribution in [1.82, 2.24) is 25.4 Å². The summed E-state index contributed by atoms with van der Waals surface area (Å²) in [6, 6.07) is 8.12. The van der Waals surface area contributed by atoms with Gasteiger partial charge in [-0.1, -0.05) is 18.2 Å². The minimum atomic E-state index is 0.470. The molecule has 0 saturated carbocycles. The lowest BCUT2D eigenvalue weighted by molar-refractivity contribution is 0.302. The SMILES string of the molecule is Cc1nc2c(c(NCCSc3cn[nH]n3)n1)Cc1ccccc1OC2. The number of ether oxygens (including phenoxy) is 1. The molecule has 2 N–H and O–H groups in total. The molecule has 1 aliphatic rings. The van der Waals surface area contributed by atoms with Gasteiger partial charge in [0, 0.05) is 24.3 Å². The van der Waals surface area contributed by atoms with Gasteiger partial charge in [0.25, 0.3) is 0 Å². The number of thioether (sulfide) groups is 1. The quantitative estimate of drug-likeness (QED) is 0.538. The van der Waals surface area contributed by atoms with Gasteiger partial charge in [0.05, 0.1) is 11.9 Å². The number of nitrogens with zero attached hydrogens (tertiary/aromatic N) is 4. The fraction of sp³-hybridized carbons (Fsp3) is 0.294. The molecule has 3 aromatic rings. The molecule has 25 heavy (non-hydrogen) atoms. The van der Waals surface area contributed by atoms with E-state index in [1.807, 2.05) is 25.1 Å². The zero-order chi connectivity index (χ0) is 17.1. The minimum Gasteiger partial charge on any atom is -0.487 e. The van der Waals surface area contributed by atoms with Crippen molar-refractivity contribution < 1.29 is 4.74 Å². The molecular weight excluding hydrogens is 336 g/mol. The molecule has 0 spiro atoms. The van der Waals surface area contributed by atoms with Crippen LogP contribution in [-0.2, 0) is 13.0 Å². The number of rotatable bonds is 5. The fourth-order valence-corrected chi connectivity index (χ4v) is 3.46. The van der Waals surface area contributed by atoms with E-state index in [0.29, 0.717) is 6.61 Å². The summed E-state index contributed by atoms with van der Waals surface area (Å²) in [6.45, 7) is 3.16. The summed E-state index contributed by atoms with van der Waals surface area (Å²) in [7, 11) is 0. The third kappa shape index (κ3) is 3.58. The van der Waals surface area contributed by atoms with Crippen molar-refractivity contribution in [3.05, 3.63) is 53.1 Å². The zero-order valence-corrected chi connectivity index (χ0v) is 14.6. The van der Waals surface area contributed by atoms with Crippen LogP contribution < -0.4 is 10.1 Å². The number of anilines is 1. The second-order valence-corrected chi connectivity index (χ2v) is 6.82. The van der Waals surface area contributed by atoms with Gasteiger partial charge in [-0.2, -0.15) is 10.3 Å². The van der Waals surface area contributed by atoms with Gasteiger partial charge in [-0.3, -0.25) is 0 Å². The van der Waals surface area contributed by atoms with Crippen molar-refractivity contribution in [2.75, 3.05) is 17.6 Å². The second-order valence-electron chi connectivity index (χ2n) is 5.70. The third-order valence-electron chi connectivity index (χ3n) is 3.95. The molecule has 0 bridgehead atoms. The minimum absolute atomic E-state index is 0.470. The van der Waals surface area contributed by atoms with Gasteiger partial charge in [-0.15, -0.1) is 16.9 Å². The summed E-state index contributed by atoms with van der Waals surface area (Å²) in [4.78, 5) is 9.20. The first-order valence-electron chi connectivity index (χ1n) is 8.09. The molecule has 0 amide bonds. The average molecular weight is 354 g/mol. The van der Waals surface area contributed by atoms with Gasteiger partial charge in [-0.05, 0) is 18.6 Å². The Kier molecular flexibility index (Phi) is 4.51. The molecule has 0 atom stereocenters. The molecule has 0 unspecified atom stereocenters. The Bertz CT molecular complexity index is 868. The van der Waals surface area contributed by atoms with E-state index >= 15 is 0 Å². The van der Waals surface area contributed by atoms with Crippen molar-refractivity contribution in [3.8, 4) is 5.75 Å². The molecule has 8 heteroatoms. The maximum absolute atomic E-state index is 5.92. The number of aromatic nitrogens is 5. The number of hydrogen-bond acceptors (Lipinski definition) is 7. The van der Waals surface area contributed by atoms with Crippen molar-refractivity contribution >= 4 is 17.6 Å². The Morgan fingerprint density at radius 3 is 3.08 bits per heavy atom. The maximum Gasteiger partial charge on any atom is 0.138 e. The third-order valence-corrected chi connectivity index (χ3v) is 4.85. The molecule has 3 heterocycles. The van der Waals surface area contributed by atoms with Gasteiger partial charge < -0.3 is 10.1 Å². The van der Waals surface area contributed by atoms with Crippen molar-refractivity contribution in [1.29, 1.82) is 0 Å². The highest BCUT2D eigenvalue weighted by molar-refractivity contribution is 7.99. The topological polar surface area (TPSA) is 88.6 Å². The molecule has 4 rings (SSSR count). The van der Waals surface area contributed by atoms with E-state index in [0.717, 1.165) is 58.0 Å². The van der Waals surface area contributed by atoms with E-state index in [2.05, 4.69) is 36.8 Å². The Hall–Kier alpha value is -2.61. The van der Waals surface area contributed by atoms with Gasteiger partial charge in [0.1, 0.15) is 29.0 Å². The lowest BCUT2D eigenvalue weighted by Gasteiger charge is -2.13. The fourth-order valence-electron chi connectivity index (χ4n) is 2.82. The zero-order valence-electron chi connectivity index (χ0n) is 13.8. The molecule has 128 valence electrons. The summed E-state index contributed by atoms with van der Waals surface area (Å²) in [5.41, 5.74) is 3.23. The number of hydrogen-bond donors (Lipinski definition) is 2. The molecule has 0 fully saturated rings. The molecule has 1 aromatic carbocycles. The number of aromatic amines is 1. The molecule has 0 radical (unpaired) electrons. The van der Waals surface area contributed by atoms with Crippen LogP contribution in [0.3, 0.4) is 0 Å². The van der Waals surface area contributed by atoms with Crippen LogP contribution in [0.1, 0.15) is 22.6 Å². The highest BCUT2D eigenvalue weighted by Crippen LogP contribution is 2.30. The summed E-state index contributed by atoms with van der Waals surface area (Å²) in [5, 5.41) is 14.8. The predicted molar refractivity (Wildman–Crippen MR) is 95.9 cm³/mol. The summed E-state index contributed by atoms with van der Waals surface area (Å²) in [6.07, 6.45) is 2.49. The Labute approximate surface area is 149 Å². The second kappa shape index (κ2) is 7.10.